The number of rotatable bonds is 2. The molecule has 2 aromatic carbocycles. The van der Waals surface area contributed by atoms with Gasteiger partial charge in [0, 0.05) is 0 Å². The third-order valence-electron chi connectivity index (χ3n) is 2.12. The van der Waals surface area contributed by atoms with E-state index in [1.807, 2.05) is 13.3 Å². The first-order valence-corrected chi connectivity index (χ1v) is 4.35. The standard InChI is InChI=1S/C12H10B/c1-2-13-12-9-5-7-10-6-3-4-8-11(10)12/h2-9H,1H2. The lowest BCUT2D eigenvalue weighted by molar-refractivity contribution is 1.78. The Hall–Kier alpha value is -1.50. The molecule has 0 aliphatic heterocycles. The number of hydrogen-bond donors (Lipinski definition) is 0. The number of hydrogen-bond acceptors (Lipinski definition) is 0. The summed E-state index contributed by atoms with van der Waals surface area (Å²) in [5.41, 5.74) is 1.23. The Bertz CT molecular complexity index is 427. The molecule has 13 heavy (non-hydrogen) atoms. The normalized spacial score (nSPS) is 9.85. The summed E-state index contributed by atoms with van der Waals surface area (Å²) in [6, 6.07) is 14.7. The molecule has 0 bridgehead atoms. The first-order chi connectivity index (χ1) is 6.42. The van der Waals surface area contributed by atoms with Gasteiger partial charge in [0.1, 0.15) is 0 Å². The molecule has 0 saturated heterocycles. The van der Waals surface area contributed by atoms with E-state index >= 15 is 0 Å². The number of fused-ring (bicyclic) bond motifs is 1. The topological polar surface area (TPSA) is 0 Å². The average Bonchev–Trinajstić information content (AvgIpc) is 2.19. The average molecular weight is 165 g/mol. The summed E-state index contributed by atoms with van der Waals surface area (Å²) in [6.45, 7) is 3.71. The van der Waals surface area contributed by atoms with E-state index in [1.54, 1.807) is 0 Å². The van der Waals surface area contributed by atoms with E-state index < -0.39 is 0 Å². The van der Waals surface area contributed by atoms with E-state index in [2.05, 4.69) is 49.0 Å². The van der Waals surface area contributed by atoms with Crippen molar-refractivity contribution < 1.29 is 0 Å². The van der Waals surface area contributed by atoms with Gasteiger partial charge in [-0.1, -0.05) is 47.9 Å². The third-order valence-corrected chi connectivity index (χ3v) is 2.12. The van der Waals surface area contributed by atoms with Crippen molar-refractivity contribution in [1.29, 1.82) is 0 Å². The fraction of sp³-hybridized carbons (Fsp3) is 0. The van der Waals surface area contributed by atoms with E-state index in [-0.39, 0.29) is 0 Å². The molecule has 0 fully saturated rings. The van der Waals surface area contributed by atoms with Crippen LogP contribution < -0.4 is 5.46 Å². The maximum Gasteiger partial charge on any atom is 0.181 e. The van der Waals surface area contributed by atoms with Crippen LogP contribution in [0.25, 0.3) is 10.8 Å². The Morgan fingerprint density at radius 1 is 1.00 bits per heavy atom. The van der Waals surface area contributed by atoms with Crippen LogP contribution in [0.2, 0.25) is 0 Å². The molecule has 0 aliphatic carbocycles. The molecule has 0 unspecified atom stereocenters. The molecule has 0 spiro atoms. The molecule has 1 radical (unpaired) electrons. The summed E-state index contributed by atoms with van der Waals surface area (Å²) in [5, 5.41) is 2.56. The summed E-state index contributed by atoms with van der Waals surface area (Å²) < 4.78 is 0. The molecule has 0 atom stereocenters. The lowest BCUT2D eigenvalue weighted by atomic mass is 9.69. The van der Waals surface area contributed by atoms with Gasteiger partial charge in [0.25, 0.3) is 0 Å². The molecule has 0 aromatic heterocycles. The molecule has 0 saturated carbocycles. The van der Waals surface area contributed by atoms with Crippen molar-refractivity contribution in [2.45, 2.75) is 0 Å². The Labute approximate surface area is 79.1 Å². The maximum atomic E-state index is 3.71. The van der Waals surface area contributed by atoms with E-state index in [9.17, 15) is 0 Å². The van der Waals surface area contributed by atoms with Gasteiger partial charge in [-0.15, -0.1) is 12.6 Å². The highest BCUT2D eigenvalue weighted by molar-refractivity contribution is 6.61. The van der Waals surface area contributed by atoms with Crippen molar-refractivity contribution >= 4 is 23.5 Å². The van der Waals surface area contributed by atoms with Crippen LogP contribution in [0, 0.1) is 0 Å². The quantitative estimate of drug-likeness (QED) is 0.599. The molecule has 0 heterocycles. The van der Waals surface area contributed by atoms with Crippen LogP contribution in [-0.2, 0) is 0 Å². The van der Waals surface area contributed by atoms with Gasteiger partial charge in [-0.25, -0.2) is 0 Å². The molecule has 1 heteroatoms. The first kappa shape index (κ1) is 8.12. The molecule has 61 valence electrons. The zero-order valence-corrected chi connectivity index (χ0v) is 7.40. The van der Waals surface area contributed by atoms with Crippen molar-refractivity contribution in [3.05, 3.63) is 55.0 Å². The van der Waals surface area contributed by atoms with Crippen LogP contribution in [-0.4, -0.2) is 7.28 Å². The van der Waals surface area contributed by atoms with Crippen LogP contribution in [0.1, 0.15) is 0 Å². The predicted molar refractivity (Wildman–Crippen MR) is 59.5 cm³/mol. The smallest absolute Gasteiger partial charge is 0.123 e. The van der Waals surface area contributed by atoms with E-state index in [1.165, 1.54) is 16.2 Å². The Kier molecular flexibility index (Phi) is 2.18. The van der Waals surface area contributed by atoms with Crippen molar-refractivity contribution in [2.24, 2.45) is 0 Å². The third kappa shape index (κ3) is 1.50. The highest BCUT2D eigenvalue weighted by atomic mass is 13.9. The highest BCUT2D eigenvalue weighted by Gasteiger charge is 1.97. The van der Waals surface area contributed by atoms with Crippen LogP contribution >= 0.6 is 0 Å². The van der Waals surface area contributed by atoms with Crippen LogP contribution in [0.3, 0.4) is 0 Å². The lowest BCUT2D eigenvalue weighted by Gasteiger charge is -2.02. The molecular weight excluding hydrogens is 155 g/mol. The largest absolute Gasteiger partial charge is 0.181 e. The van der Waals surface area contributed by atoms with Crippen LogP contribution in [0.4, 0.5) is 0 Å². The second kappa shape index (κ2) is 3.48. The van der Waals surface area contributed by atoms with E-state index in [0.29, 0.717) is 0 Å². The van der Waals surface area contributed by atoms with Gasteiger partial charge in [0.05, 0.1) is 0 Å². The fourth-order valence-corrected chi connectivity index (χ4v) is 1.52. The summed E-state index contributed by atoms with van der Waals surface area (Å²) in [7, 11) is 2.03. The van der Waals surface area contributed by atoms with Gasteiger partial charge >= 0.3 is 0 Å². The SMILES string of the molecule is C=C[B]c1cccc2ccccc12. The monoisotopic (exact) mass is 165 g/mol. The van der Waals surface area contributed by atoms with Gasteiger partial charge in [-0.05, 0) is 10.8 Å². The minimum absolute atomic E-state index is 1.23. The van der Waals surface area contributed by atoms with Crippen molar-refractivity contribution in [3.63, 3.8) is 0 Å². The second-order valence-corrected chi connectivity index (χ2v) is 2.97. The van der Waals surface area contributed by atoms with E-state index in [4.69, 9.17) is 0 Å². The van der Waals surface area contributed by atoms with Gasteiger partial charge in [0.15, 0.2) is 7.28 Å². The van der Waals surface area contributed by atoms with Crippen LogP contribution in [0.15, 0.2) is 55.0 Å². The fourth-order valence-electron chi connectivity index (χ4n) is 1.52. The van der Waals surface area contributed by atoms with Crippen molar-refractivity contribution in [2.75, 3.05) is 0 Å². The first-order valence-electron chi connectivity index (χ1n) is 4.35. The summed E-state index contributed by atoms with van der Waals surface area (Å²) in [4.78, 5) is 0. The van der Waals surface area contributed by atoms with Gasteiger partial charge in [-0.3, -0.25) is 0 Å². The number of benzene rings is 2. The van der Waals surface area contributed by atoms with E-state index in [0.717, 1.165) is 0 Å². The summed E-state index contributed by atoms with van der Waals surface area (Å²) in [5.74, 6) is 1.82. The lowest BCUT2D eigenvalue weighted by Crippen LogP contribution is -2.12. The minimum atomic E-state index is 1.23. The molecule has 2 rings (SSSR count). The molecule has 2 aromatic rings. The Morgan fingerprint density at radius 2 is 1.77 bits per heavy atom. The minimum Gasteiger partial charge on any atom is -0.123 e. The molecule has 0 N–H and O–H groups in total. The zero-order chi connectivity index (χ0) is 9.10. The molecule has 0 amide bonds. The second-order valence-electron chi connectivity index (χ2n) is 2.97. The van der Waals surface area contributed by atoms with Gasteiger partial charge in [0.2, 0.25) is 0 Å². The summed E-state index contributed by atoms with van der Waals surface area (Å²) in [6.07, 6.45) is 0. The van der Waals surface area contributed by atoms with Gasteiger partial charge in [-0.2, -0.15) is 0 Å². The van der Waals surface area contributed by atoms with Crippen LogP contribution in [0.5, 0.6) is 0 Å². The van der Waals surface area contributed by atoms with Crippen molar-refractivity contribution in [1.82, 2.24) is 0 Å². The predicted octanol–water partition coefficient (Wildman–Crippen LogP) is 2.31. The van der Waals surface area contributed by atoms with Crippen molar-refractivity contribution in [3.8, 4) is 0 Å². The molecule has 0 aliphatic rings. The summed E-state index contributed by atoms with van der Waals surface area (Å²) >= 11 is 0. The Balaban J connectivity index is 2.68. The molecule has 0 nitrogen and oxygen atoms in total. The molecular formula is C12H10B. The maximum absolute atomic E-state index is 3.71. The Morgan fingerprint density at radius 3 is 2.62 bits per heavy atom. The zero-order valence-electron chi connectivity index (χ0n) is 7.40. The highest BCUT2D eigenvalue weighted by Crippen LogP contribution is 2.09. The van der Waals surface area contributed by atoms with Gasteiger partial charge < -0.3 is 0 Å².